The lowest BCUT2D eigenvalue weighted by Crippen LogP contribution is -2.32. The highest BCUT2D eigenvalue weighted by atomic mass is 16.5. The van der Waals surface area contributed by atoms with Crippen LogP contribution in [0.15, 0.2) is 0 Å². The molecule has 0 aromatic heterocycles. The molecule has 2 nitrogen and oxygen atoms in total. The minimum atomic E-state index is 0.769. The first-order valence-electron chi connectivity index (χ1n) is 7.43. The van der Waals surface area contributed by atoms with E-state index in [4.69, 9.17) is 4.74 Å². The minimum Gasteiger partial charge on any atom is -0.385 e. The molecular formula is C15H31NO. The number of nitrogens with one attached hydrogen (secondary N) is 1. The van der Waals surface area contributed by atoms with Gasteiger partial charge in [0.2, 0.25) is 0 Å². The van der Waals surface area contributed by atoms with E-state index in [-0.39, 0.29) is 0 Å². The Bertz CT molecular complexity index is 182. The fourth-order valence-electron chi connectivity index (χ4n) is 2.98. The van der Waals surface area contributed by atoms with Crippen LogP contribution in [0.1, 0.15) is 52.4 Å². The minimum absolute atomic E-state index is 0.769. The third-order valence-electron chi connectivity index (χ3n) is 3.95. The molecule has 2 atom stereocenters. The van der Waals surface area contributed by atoms with Crippen molar-refractivity contribution in [1.29, 1.82) is 0 Å². The van der Waals surface area contributed by atoms with Gasteiger partial charge in [-0.1, -0.05) is 33.1 Å². The van der Waals surface area contributed by atoms with Crippen molar-refractivity contribution in [3.05, 3.63) is 0 Å². The zero-order valence-corrected chi connectivity index (χ0v) is 12.0. The Morgan fingerprint density at radius 3 is 2.53 bits per heavy atom. The normalized spacial score (nSPS) is 25.4. The molecule has 1 rings (SSSR count). The third-order valence-corrected chi connectivity index (χ3v) is 3.95. The van der Waals surface area contributed by atoms with Crippen LogP contribution in [0.3, 0.4) is 0 Å². The second kappa shape index (κ2) is 8.93. The predicted octanol–water partition coefficient (Wildman–Crippen LogP) is 3.47. The van der Waals surface area contributed by atoms with Gasteiger partial charge in [0, 0.05) is 13.7 Å². The highest BCUT2D eigenvalue weighted by Crippen LogP contribution is 2.32. The smallest absolute Gasteiger partial charge is 0.0462 e. The molecule has 1 N–H and O–H groups in total. The summed E-state index contributed by atoms with van der Waals surface area (Å²) in [6.07, 6.45) is 8.36. The Morgan fingerprint density at radius 1 is 1.18 bits per heavy atom. The maximum Gasteiger partial charge on any atom is 0.0462 e. The maximum absolute atomic E-state index is 5.17. The van der Waals surface area contributed by atoms with E-state index < -0.39 is 0 Å². The maximum atomic E-state index is 5.17. The standard InChI is InChI=1S/C15H31NO/c1-13(2)11-16-12-15-8-5-4-7-14(15)9-6-10-17-3/h13-16H,4-12H2,1-3H3. The van der Waals surface area contributed by atoms with Gasteiger partial charge in [-0.2, -0.15) is 0 Å². The van der Waals surface area contributed by atoms with Crippen molar-refractivity contribution in [3.63, 3.8) is 0 Å². The monoisotopic (exact) mass is 241 g/mol. The van der Waals surface area contributed by atoms with Gasteiger partial charge >= 0.3 is 0 Å². The van der Waals surface area contributed by atoms with Crippen molar-refractivity contribution < 1.29 is 4.74 Å². The van der Waals surface area contributed by atoms with Crippen LogP contribution in [0, 0.1) is 17.8 Å². The largest absolute Gasteiger partial charge is 0.385 e. The van der Waals surface area contributed by atoms with Crippen LogP contribution in [0.4, 0.5) is 0 Å². The van der Waals surface area contributed by atoms with Gasteiger partial charge in [0.25, 0.3) is 0 Å². The molecule has 1 aliphatic rings. The molecule has 0 radical (unpaired) electrons. The van der Waals surface area contributed by atoms with Crippen molar-refractivity contribution in [1.82, 2.24) is 5.32 Å². The fraction of sp³-hybridized carbons (Fsp3) is 1.00. The number of rotatable bonds is 8. The SMILES string of the molecule is COCCCC1CCCCC1CNCC(C)C. The number of hydrogen-bond acceptors (Lipinski definition) is 2. The molecule has 1 saturated carbocycles. The zero-order valence-electron chi connectivity index (χ0n) is 12.0. The topological polar surface area (TPSA) is 21.3 Å². The van der Waals surface area contributed by atoms with Crippen LogP contribution >= 0.6 is 0 Å². The first-order chi connectivity index (χ1) is 8.24. The van der Waals surface area contributed by atoms with E-state index in [0.29, 0.717) is 0 Å². The average molecular weight is 241 g/mol. The molecule has 0 heterocycles. The molecule has 17 heavy (non-hydrogen) atoms. The van der Waals surface area contributed by atoms with Crippen LogP contribution in [0.5, 0.6) is 0 Å². The van der Waals surface area contributed by atoms with Crippen LogP contribution < -0.4 is 5.32 Å². The van der Waals surface area contributed by atoms with Gasteiger partial charge in [0.05, 0.1) is 0 Å². The Kier molecular flexibility index (Phi) is 7.87. The molecule has 1 aliphatic carbocycles. The van der Waals surface area contributed by atoms with Gasteiger partial charge in [0.1, 0.15) is 0 Å². The van der Waals surface area contributed by atoms with Crippen LogP contribution in [0.2, 0.25) is 0 Å². The van der Waals surface area contributed by atoms with Gasteiger partial charge in [-0.15, -0.1) is 0 Å². The molecule has 1 fully saturated rings. The molecule has 0 aromatic carbocycles. The molecule has 0 aromatic rings. The second-order valence-corrected chi connectivity index (χ2v) is 5.99. The summed E-state index contributed by atoms with van der Waals surface area (Å²) in [5, 5.41) is 3.64. The van der Waals surface area contributed by atoms with Gasteiger partial charge in [0.15, 0.2) is 0 Å². The van der Waals surface area contributed by atoms with Gasteiger partial charge in [-0.05, 0) is 50.1 Å². The summed E-state index contributed by atoms with van der Waals surface area (Å²) in [6, 6.07) is 0. The lowest BCUT2D eigenvalue weighted by atomic mass is 9.77. The van der Waals surface area contributed by atoms with Gasteiger partial charge in [-0.25, -0.2) is 0 Å². The summed E-state index contributed by atoms with van der Waals surface area (Å²) >= 11 is 0. The van der Waals surface area contributed by atoms with Crippen molar-refractivity contribution in [2.45, 2.75) is 52.4 Å². The number of hydrogen-bond donors (Lipinski definition) is 1. The molecule has 102 valence electrons. The summed E-state index contributed by atoms with van der Waals surface area (Å²) in [7, 11) is 1.81. The van der Waals surface area contributed by atoms with Gasteiger partial charge in [-0.3, -0.25) is 0 Å². The second-order valence-electron chi connectivity index (χ2n) is 5.99. The molecule has 0 saturated heterocycles. The Morgan fingerprint density at radius 2 is 1.88 bits per heavy atom. The van der Waals surface area contributed by atoms with E-state index >= 15 is 0 Å². The molecule has 0 spiro atoms. The lowest BCUT2D eigenvalue weighted by molar-refractivity contribution is 0.162. The van der Waals surface area contributed by atoms with Crippen LogP contribution in [-0.2, 0) is 4.74 Å². The molecule has 0 bridgehead atoms. The first kappa shape index (κ1) is 15.0. The van der Waals surface area contributed by atoms with E-state index in [9.17, 15) is 0 Å². The Labute approximate surface area is 108 Å². The van der Waals surface area contributed by atoms with Crippen LogP contribution in [-0.4, -0.2) is 26.8 Å². The number of ether oxygens (including phenoxy) is 1. The predicted molar refractivity (Wildman–Crippen MR) is 74.3 cm³/mol. The van der Waals surface area contributed by atoms with Crippen molar-refractivity contribution in [3.8, 4) is 0 Å². The van der Waals surface area contributed by atoms with Crippen molar-refractivity contribution in [2.75, 3.05) is 26.8 Å². The number of methoxy groups -OCH3 is 1. The lowest BCUT2D eigenvalue weighted by Gasteiger charge is -2.32. The summed E-state index contributed by atoms with van der Waals surface area (Å²) in [4.78, 5) is 0. The van der Waals surface area contributed by atoms with Crippen molar-refractivity contribution in [2.24, 2.45) is 17.8 Å². The third kappa shape index (κ3) is 6.42. The Hall–Kier alpha value is -0.0800. The fourth-order valence-corrected chi connectivity index (χ4v) is 2.98. The molecule has 0 aliphatic heterocycles. The molecule has 0 amide bonds. The summed E-state index contributed by atoms with van der Waals surface area (Å²) in [5.41, 5.74) is 0. The summed E-state index contributed by atoms with van der Waals surface area (Å²) in [5.74, 6) is 2.63. The highest BCUT2D eigenvalue weighted by molar-refractivity contribution is 4.77. The molecule has 2 unspecified atom stereocenters. The van der Waals surface area contributed by atoms with Gasteiger partial charge < -0.3 is 10.1 Å². The summed E-state index contributed by atoms with van der Waals surface area (Å²) < 4.78 is 5.17. The van der Waals surface area contributed by atoms with Crippen LogP contribution in [0.25, 0.3) is 0 Å². The molecular weight excluding hydrogens is 210 g/mol. The summed E-state index contributed by atoms with van der Waals surface area (Å²) in [6.45, 7) is 7.90. The van der Waals surface area contributed by atoms with E-state index in [0.717, 1.165) is 24.4 Å². The quantitative estimate of drug-likeness (QED) is 0.657. The first-order valence-corrected chi connectivity index (χ1v) is 7.43. The molecule has 2 heteroatoms. The zero-order chi connectivity index (χ0) is 12.5. The van der Waals surface area contributed by atoms with Crippen molar-refractivity contribution >= 4 is 0 Å². The Balaban J connectivity index is 2.22. The van der Waals surface area contributed by atoms with E-state index in [2.05, 4.69) is 19.2 Å². The average Bonchev–Trinajstić information content (AvgIpc) is 2.31. The van der Waals surface area contributed by atoms with E-state index in [1.807, 2.05) is 7.11 Å². The van der Waals surface area contributed by atoms with E-state index in [1.54, 1.807) is 0 Å². The highest BCUT2D eigenvalue weighted by Gasteiger charge is 2.24. The van der Waals surface area contributed by atoms with E-state index in [1.165, 1.54) is 51.6 Å².